The number of amides is 1. The lowest BCUT2D eigenvalue weighted by molar-refractivity contribution is 0.0940. The van der Waals surface area contributed by atoms with Crippen LogP contribution in [-0.2, 0) is 6.54 Å². The predicted octanol–water partition coefficient (Wildman–Crippen LogP) is 4.14. The van der Waals surface area contributed by atoms with Crippen molar-refractivity contribution < 1.29 is 9.90 Å². The summed E-state index contributed by atoms with van der Waals surface area (Å²) in [7, 11) is 0. The van der Waals surface area contributed by atoms with Crippen molar-refractivity contribution in [3.05, 3.63) is 52.7 Å². The zero-order chi connectivity index (χ0) is 22.7. The van der Waals surface area contributed by atoms with Crippen LogP contribution in [0.2, 0.25) is 0 Å². The molecule has 2 aromatic heterocycles. The summed E-state index contributed by atoms with van der Waals surface area (Å²) in [5.74, 6) is -0.105. The second-order valence-corrected chi connectivity index (χ2v) is 8.29. The SMILES string of the molecule is CCn1ncc2c(NC3CCC(N=O)CC3)c(C(=O)NC(C)c3cccc(O)c3)cnc21. The number of phenolic OH excluding ortho intramolecular Hbond substituents is 1. The van der Waals surface area contributed by atoms with Crippen LogP contribution >= 0.6 is 0 Å². The highest BCUT2D eigenvalue weighted by atomic mass is 16.3. The van der Waals surface area contributed by atoms with E-state index in [0.717, 1.165) is 42.3 Å². The normalized spacial score (nSPS) is 19.4. The fourth-order valence-electron chi connectivity index (χ4n) is 4.27. The Balaban J connectivity index is 1.63. The summed E-state index contributed by atoms with van der Waals surface area (Å²) in [4.78, 5) is 28.6. The Kier molecular flexibility index (Phi) is 6.34. The van der Waals surface area contributed by atoms with Crippen molar-refractivity contribution in [3.63, 3.8) is 0 Å². The minimum absolute atomic E-state index is 0.126. The molecule has 4 rings (SSSR count). The van der Waals surface area contributed by atoms with Crippen molar-refractivity contribution in [2.24, 2.45) is 5.18 Å². The first-order valence-electron chi connectivity index (χ1n) is 11.0. The molecule has 1 saturated carbocycles. The Hall–Kier alpha value is -3.49. The van der Waals surface area contributed by atoms with Crippen LogP contribution in [0, 0.1) is 4.91 Å². The highest BCUT2D eigenvalue weighted by Crippen LogP contribution is 2.31. The minimum Gasteiger partial charge on any atom is -0.508 e. The molecule has 0 spiro atoms. The average molecular weight is 437 g/mol. The molecule has 0 bridgehead atoms. The number of fused-ring (bicyclic) bond motifs is 1. The van der Waals surface area contributed by atoms with Gasteiger partial charge in [0.15, 0.2) is 5.65 Å². The summed E-state index contributed by atoms with van der Waals surface area (Å²) in [6, 6.07) is 6.55. The second kappa shape index (κ2) is 9.33. The Morgan fingerprint density at radius 3 is 2.75 bits per heavy atom. The second-order valence-electron chi connectivity index (χ2n) is 8.29. The van der Waals surface area contributed by atoms with Gasteiger partial charge in [0.1, 0.15) is 5.75 Å². The molecule has 9 nitrogen and oxygen atoms in total. The largest absolute Gasteiger partial charge is 0.508 e. The van der Waals surface area contributed by atoms with Crippen LogP contribution in [0.5, 0.6) is 5.75 Å². The Labute approximate surface area is 186 Å². The first-order chi connectivity index (χ1) is 15.5. The summed E-state index contributed by atoms with van der Waals surface area (Å²) < 4.78 is 1.80. The highest BCUT2D eigenvalue weighted by Gasteiger charge is 2.25. The summed E-state index contributed by atoms with van der Waals surface area (Å²) in [6.45, 7) is 4.53. The number of carbonyl (C=O) groups is 1. The third-order valence-corrected chi connectivity index (χ3v) is 6.12. The van der Waals surface area contributed by atoms with Gasteiger partial charge in [-0.15, -0.1) is 0 Å². The number of nitroso groups, excluding NO2 is 1. The van der Waals surface area contributed by atoms with Gasteiger partial charge in [-0.2, -0.15) is 10.0 Å². The topological polar surface area (TPSA) is 122 Å². The van der Waals surface area contributed by atoms with Crippen molar-refractivity contribution >= 4 is 22.6 Å². The van der Waals surface area contributed by atoms with E-state index in [1.165, 1.54) is 0 Å². The van der Waals surface area contributed by atoms with E-state index in [2.05, 4.69) is 25.9 Å². The molecule has 1 atom stereocenters. The number of phenols is 1. The van der Waals surface area contributed by atoms with Gasteiger partial charge in [0, 0.05) is 18.8 Å². The summed E-state index contributed by atoms with van der Waals surface area (Å²) in [5, 5.41) is 24.7. The van der Waals surface area contributed by atoms with Crippen LogP contribution in [0.15, 0.2) is 41.8 Å². The fraction of sp³-hybridized carbons (Fsp3) is 0.435. The number of aromatic nitrogens is 3. The number of pyridine rings is 1. The van der Waals surface area contributed by atoms with E-state index in [4.69, 9.17) is 0 Å². The lowest BCUT2D eigenvalue weighted by Gasteiger charge is -2.27. The predicted molar refractivity (Wildman–Crippen MR) is 123 cm³/mol. The number of benzene rings is 1. The first-order valence-corrected chi connectivity index (χ1v) is 11.0. The zero-order valence-corrected chi connectivity index (χ0v) is 18.3. The number of hydrogen-bond acceptors (Lipinski definition) is 7. The lowest BCUT2D eigenvalue weighted by Crippen LogP contribution is -2.31. The number of nitrogens with zero attached hydrogens (tertiary/aromatic N) is 4. The standard InChI is InChI=1S/C23H28N6O3/c1-3-29-22-19(13-25-29)21(27-16-7-9-17(28-32)10-8-16)20(12-24-22)23(31)26-14(2)15-5-4-6-18(30)11-15/h4-6,11-14,16-17,30H,3,7-10H2,1-2H3,(H,24,27)(H,26,31). The van der Waals surface area contributed by atoms with Crippen LogP contribution < -0.4 is 10.6 Å². The van der Waals surface area contributed by atoms with Gasteiger partial charge in [0.25, 0.3) is 5.91 Å². The van der Waals surface area contributed by atoms with E-state index >= 15 is 0 Å². The van der Waals surface area contributed by atoms with Crippen LogP contribution in [0.1, 0.15) is 61.5 Å². The van der Waals surface area contributed by atoms with E-state index in [0.29, 0.717) is 17.8 Å². The van der Waals surface area contributed by atoms with Gasteiger partial charge in [-0.05, 0) is 57.2 Å². The zero-order valence-electron chi connectivity index (χ0n) is 18.3. The molecule has 1 unspecified atom stereocenters. The third-order valence-electron chi connectivity index (χ3n) is 6.12. The molecule has 168 valence electrons. The molecule has 1 aromatic carbocycles. The van der Waals surface area contributed by atoms with E-state index in [9.17, 15) is 14.8 Å². The van der Waals surface area contributed by atoms with E-state index < -0.39 is 0 Å². The van der Waals surface area contributed by atoms with E-state index in [1.54, 1.807) is 35.3 Å². The maximum absolute atomic E-state index is 13.3. The lowest BCUT2D eigenvalue weighted by atomic mass is 9.91. The van der Waals surface area contributed by atoms with Crippen molar-refractivity contribution in [1.29, 1.82) is 0 Å². The molecule has 0 radical (unpaired) electrons. The molecular weight excluding hydrogens is 408 g/mol. The number of aromatic hydroxyl groups is 1. The highest BCUT2D eigenvalue weighted by molar-refractivity contribution is 6.06. The van der Waals surface area contributed by atoms with Crippen LogP contribution in [-0.4, -0.2) is 37.9 Å². The van der Waals surface area contributed by atoms with Crippen LogP contribution in [0.3, 0.4) is 0 Å². The average Bonchev–Trinajstić information content (AvgIpc) is 3.23. The Bertz CT molecular complexity index is 1120. The van der Waals surface area contributed by atoms with Gasteiger partial charge < -0.3 is 15.7 Å². The van der Waals surface area contributed by atoms with Gasteiger partial charge >= 0.3 is 0 Å². The van der Waals surface area contributed by atoms with Gasteiger partial charge in [-0.1, -0.05) is 17.3 Å². The first kappa shape index (κ1) is 21.7. The van der Waals surface area contributed by atoms with E-state index in [-0.39, 0.29) is 29.8 Å². The maximum Gasteiger partial charge on any atom is 0.255 e. The number of hydrogen-bond donors (Lipinski definition) is 3. The molecule has 0 aliphatic heterocycles. The third kappa shape index (κ3) is 4.42. The molecule has 32 heavy (non-hydrogen) atoms. The Morgan fingerprint density at radius 2 is 2.06 bits per heavy atom. The quantitative estimate of drug-likeness (QED) is 0.479. The van der Waals surface area contributed by atoms with Crippen molar-refractivity contribution in [1.82, 2.24) is 20.1 Å². The van der Waals surface area contributed by atoms with E-state index in [1.807, 2.05) is 19.9 Å². The molecular formula is C23H28N6O3. The summed E-state index contributed by atoms with van der Waals surface area (Å²) in [5.41, 5.74) is 2.67. The molecule has 9 heteroatoms. The van der Waals surface area contributed by atoms with Crippen molar-refractivity contribution in [2.45, 2.75) is 64.2 Å². The number of nitrogens with one attached hydrogen (secondary N) is 2. The van der Waals surface area contributed by atoms with Crippen molar-refractivity contribution in [3.8, 4) is 5.75 Å². The summed E-state index contributed by atoms with van der Waals surface area (Å²) in [6.07, 6.45) is 6.41. The molecule has 1 aliphatic carbocycles. The number of rotatable bonds is 7. The molecule has 3 N–H and O–H groups in total. The van der Waals surface area contributed by atoms with Crippen molar-refractivity contribution in [2.75, 3.05) is 5.32 Å². The van der Waals surface area contributed by atoms with Gasteiger partial charge in [-0.3, -0.25) is 4.79 Å². The molecule has 1 fully saturated rings. The van der Waals surface area contributed by atoms with Gasteiger partial charge in [-0.25, -0.2) is 9.67 Å². The monoisotopic (exact) mass is 436 g/mol. The van der Waals surface area contributed by atoms with Gasteiger partial charge in [0.05, 0.1) is 34.9 Å². The molecule has 3 aromatic rings. The molecule has 2 heterocycles. The number of anilines is 1. The van der Waals surface area contributed by atoms with Crippen LogP contribution in [0.25, 0.3) is 11.0 Å². The molecule has 1 amide bonds. The number of carbonyl (C=O) groups excluding carboxylic acids is 1. The fourth-order valence-corrected chi connectivity index (χ4v) is 4.27. The van der Waals surface area contributed by atoms with Gasteiger partial charge in [0.2, 0.25) is 0 Å². The Morgan fingerprint density at radius 1 is 1.28 bits per heavy atom. The maximum atomic E-state index is 13.3. The molecule has 0 saturated heterocycles. The number of aryl methyl sites for hydroxylation is 1. The smallest absolute Gasteiger partial charge is 0.255 e. The minimum atomic E-state index is -0.300. The molecule has 1 aliphatic rings. The van der Waals surface area contributed by atoms with Crippen LogP contribution in [0.4, 0.5) is 5.69 Å². The summed E-state index contributed by atoms with van der Waals surface area (Å²) >= 11 is 0.